The summed E-state index contributed by atoms with van der Waals surface area (Å²) >= 11 is 6.15. The molecule has 0 spiro atoms. The first-order valence-corrected chi connectivity index (χ1v) is 9.36. The zero-order valence-electron chi connectivity index (χ0n) is 14.5. The first kappa shape index (κ1) is 17.5. The average Bonchev–Trinajstić information content (AvgIpc) is 3.44. The van der Waals surface area contributed by atoms with Crippen LogP contribution in [0.4, 0.5) is 0 Å². The van der Waals surface area contributed by atoms with Gasteiger partial charge in [-0.1, -0.05) is 29.8 Å². The largest absolute Gasteiger partial charge is 0.379 e. The molecule has 1 aromatic carbocycles. The van der Waals surface area contributed by atoms with E-state index in [1.807, 2.05) is 36.4 Å². The number of halogens is 1. The molecule has 26 heavy (non-hydrogen) atoms. The Hall–Kier alpha value is -1.95. The molecule has 1 saturated carbocycles. The lowest BCUT2D eigenvalue weighted by atomic mass is 10.0. The minimum Gasteiger partial charge on any atom is -0.379 e. The van der Waals surface area contributed by atoms with E-state index in [9.17, 15) is 4.79 Å². The Morgan fingerprint density at radius 1 is 1.23 bits per heavy atom. The summed E-state index contributed by atoms with van der Waals surface area (Å²) in [4.78, 5) is 19.7. The number of ether oxygens (including phenoxy) is 1. The Morgan fingerprint density at radius 2 is 2.04 bits per heavy atom. The third-order valence-electron chi connectivity index (χ3n) is 5.15. The van der Waals surface area contributed by atoms with E-state index in [0.29, 0.717) is 18.2 Å². The van der Waals surface area contributed by atoms with Gasteiger partial charge < -0.3 is 10.1 Å². The highest BCUT2D eigenvalue weighted by atomic mass is 35.5. The van der Waals surface area contributed by atoms with E-state index in [1.54, 1.807) is 12.4 Å². The van der Waals surface area contributed by atoms with Crippen molar-refractivity contribution in [3.8, 4) is 0 Å². The summed E-state index contributed by atoms with van der Waals surface area (Å²) in [5, 5.41) is 3.99. The number of nitrogens with zero attached hydrogens (tertiary/aromatic N) is 2. The topological polar surface area (TPSA) is 54.5 Å². The van der Waals surface area contributed by atoms with Crippen molar-refractivity contribution in [2.75, 3.05) is 26.3 Å². The van der Waals surface area contributed by atoms with Crippen LogP contribution in [0.15, 0.2) is 48.8 Å². The number of amides is 1. The molecule has 1 saturated heterocycles. The number of aromatic nitrogens is 1. The van der Waals surface area contributed by atoms with Crippen LogP contribution >= 0.6 is 11.6 Å². The third-order valence-corrected chi connectivity index (χ3v) is 5.38. The van der Waals surface area contributed by atoms with Crippen LogP contribution < -0.4 is 5.32 Å². The molecule has 0 radical (unpaired) electrons. The van der Waals surface area contributed by atoms with Crippen LogP contribution in [0.2, 0.25) is 5.02 Å². The van der Waals surface area contributed by atoms with Gasteiger partial charge in [-0.25, -0.2) is 0 Å². The molecule has 1 N–H and O–H groups in total. The van der Waals surface area contributed by atoms with Gasteiger partial charge in [0.05, 0.1) is 18.8 Å². The molecule has 4 rings (SSSR count). The molecule has 1 aromatic heterocycles. The number of benzene rings is 1. The van der Waals surface area contributed by atoms with Crippen LogP contribution in [-0.4, -0.2) is 42.1 Å². The van der Waals surface area contributed by atoms with Crippen molar-refractivity contribution in [2.24, 2.45) is 0 Å². The minimum atomic E-state index is -0.357. The third kappa shape index (κ3) is 3.61. The zero-order valence-corrected chi connectivity index (χ0v) is 15.3. The number of pyridine rings is 1. The highest BCUT2D eigenvalue weighted by Gasteiger charge is 2.47. The molecule has 5 nitrogen and oxygen atoms in total. The summed E-state index contributed by atoms with van der Waals surface area (Å²) < 4.78 is 5.46. The molecular weight excluding hydrogens is 350 g/mol. The highest BCUT2D eigenvalue weighted by molar-refractivity contribution is 6.30. The van der Waals surface area contributed by atoms with Gasteiger partial charge in [-0.2, -0.15) is 0 Å². The Bertz CT molecular complexity index is 774. The van der Waals surface area contributed by atoms with E-state index in [2.05, 4.69) is 15.2 Å². The first-order chi connectivity index (χ1) is 12.7. The van der Waals surface area contributed by atoms with Crippen molar-refractivity contribution >= 4 is 17.5 Å². The van der Waals surface area contributed by atoms with Gasteiger partial charge in [-0.05, 0) is 42.2 Å². The fourth-order valence-corrected chi connectivity index (χ4v) is 3.79. The number of rotatable bonds is 5. The monoisotopic (exact) mass is 371 g/mol. The Kier molecular flexibility index (Phi) is 4.94. The molecule has 6 heteroatoms. The molecule has 136 valence electrons. The second kappa shape index (κ2) is 7.35. The van der Waals surface area contributed by atoms with E-state index in [1.165, 1.54) is 0 Å². The van der Waals surface area contributed by atoms with Gasteiger partial charge >= 0.3 is 0 Å². The highest BCUT2D eigenvalue weighted by Crippen LogP contribution is 2.46. The second-order valence-corrected chi connectivity index (χ2v) is 7.36. The van der Waals surface area contributed by atoms with Crippen molar-refractivity contribution < 1.29 is 9.53 Å². The van der Waals surface area contributed by atoms with Crippen LogP contribution in [0.3, 0.4) is 0 Å². The summed E-state index contributed by atoms with van der Waals surface area (Å²) in [6.45, 7) is 2.75. The summed E-state index contributed by atoms with van der Waals surface area (Å²) in [6.07, 6.45) is 5.37. The van der Waals surface area contributed by atoms with Crippen molar-refractivity contribution in [2.45, 2.75) is 24.4 Å². The predicted octanol–water partition coefficient (Wildman–Crippen LogP) is 2.91. The number of hydrogen-bond donors (Lipinski definition) is 1. The smallest absolute Gasteiger partial charge is 0.242 e. The van der Waals surface area contributed by atoms with Gasteiger partial charge in [0, 0.05) is 30.5 Å². The maximum atomic E-state index is 13.3. The number of carbonyl (C=O) groups excluding carboxylic acids is 1. The first-order valence-electron chi connectivity index (χ1n) is 8.98. The van der Waals surface area contributed by atoms with Crippen LogP contribution in [0.1, 0.15) is 30.0 Å². The molecule has 2 aromatic rings. The van der Waals surface area contributed by atoms with Crippen LogP contribution in [0.5, 0.6) is 0 Å². The lowest BCUT2D eigenvalue weighted by Gasteiger charge is -2.34. The van der Waals surface area contributed by atoms with Crippen molar-refractivity contribution in [1.29, 1.82) is 0 Å². The van der Waals surface area contributed by atoms with Crippen LogP contribution in [-0.2, 0) is 15.1 Å². The van der Waals surface area contributed by atoms with Gasteiger partial charge in [-0.3, -0.25) is 14.7 Å². The van der Waals surface area contributed by atoms with E-state index in [0.717, 1.165) is 37.1 Å². The second-order valence-electron chi connectivity index (χ2n) is 6.92. The lowest BCUT2D eigenvalue weighted by Crippen LogP contribution is -2.48. The summed E-state index contributed by atoms with van der Waals surface area (Å²) in [5.41, 5.74) is 1.69. The minimum absolute atomic E-state index is 0.0115. The van der Waals surface area contributed by atoms with Crippen molar-refractivity contribution in [3.63, 3.8) is 0 Å². The van der Waals surface area contributed by atoms with Crippen LogP contribution in [0, 0.1) is 0 Å². The molecule has 2 aliphatic rings. The molecule has 1 atom stereocenters. The standard InChI is InChI=1S/C20H22ClN3O2/c21-17-5-1-4-16(13-17)20(6-7-20)23-19(25)18(15-3-2-8-22-14-15)24-9-11-26-12-10-24/h1-5,8,13-14,18H,6-7,9-12H2,(H,23,25)/t18-/m1/s1. The Labute approximate surface area is 158 Å². The normalized spacial score (nSPS) is 20.3. The maximum absolute atomic E-state index is 13.3. The van der Waals surface area contributed by atoms with Crippen LogP contribution in [0.25, 0.3) is 0 Å². The van der Waals surface area contributed by atoms with E-state index in [4.69, 9.17) is 16.3 Å². The number of hydrogen-bond acceptors (Lipinski definition) is 4. The van der Waals surface area contributed by atoms with Gasteiger partial charge in [0.1, 0.15) is 6.04 Å². The predicted molar refractivity (Wildman–Crippen MR) is 99.9 cm³/mol. The SMILES string of the molecule is O=C(NC1(c2cccc(Cl)c2)CC1)[C@@H](c1cccnc1)N1CCOCC1. The summed E-state index contributed by atoms with van der Waals surface area (Å²) in [7, 11) is 0. The fraction of sp³-hybridized carbons (Fsp3) is 0.400. The summed E-state index contributed by atoms with van der Waals surface area (Å²) in [6, 6.07) is 11.3. The van der Waals surface area contributed by atoms with E-state index < -0.39 is 0 Å². The Balaban J connectivity index is 1.58. The van der Waals surface area contributed by atoms with Gasteiger partial charge in [0.2, 0.25) is 5.91 Å². The molecule has 0 bridgehead atoms. The number of carbonyl (C=O) groups is 1. The Morgan fingerprint density at radius 3 is 2.69 bits per heavy atom. The molecule has 1 aliphatic heterocycles. The number of morpholine rings is 1. The molecule has 2 fully saturated rings. The molecule has 0 unspecified atom stereocenters. The quantitative estimate of drug-likeness (QED) is 0.878. The van der Waals surface area contributed by atoms with Gasteiger partial charge in [-0.15, -0.1) is 0 Å². The molecule has 1 aliphatic carbocycles. The molecule has 2 heterocycles. The summed E-state index contributed by atoms with van der Waals surface area (Å²) in [5.74, 6) is 0.0115. The van der Waals surface area contributed by atoms with Gasteiger partial charge in [0.25, 0.3) is 0 Å². The maximum Gasteiger partial charge on any atom is 0.242 e. The number of nitrogens with one attached hydrogen (secondary N) is 1. The van der Waals surface area contributed by atoms with E-state index in [-0.39, 0.29) is 17.5 Å². The molecular formula is C20H22ClN3O2. The molecule has 1 amide bonds. The fourth-order valence-electron chi connectivity index (χ4n) is 3.60. The lowest BCUT2D eigenvalue weighted by molar-refractivity contribution is -0.129. The average molecular weight is 372 g/mol. The zero-order chi connectivity index (χ0) is 18.0. The van der Waals surface area contributed by atoms with Gasteiger partial charge in [0.15, 0.2) is 0 Å². The van der Waals surface area contributed by atoms with Crippen molar-refractivity contribution in [1.82, 2.24) is 15.2 Å². The van der Waals surface area contributed by atoms with Crippen molar-refractivity contribution in [3.05, 3.63) is 64.9 Å². The van der Waals surface area contributed by atoms with E-state index >= 15 is 0 Å².